The van der Waals surface area contributed by atoms with Crippen LogP contribution in [0, 0.1) is 0 Å². The fourth-order valence-electron chi connectivity index (χ4n) is 1.47. The van der Waals surface area contributed by atoms with E-state index in [0.29, 0.717) is 6.04 Å². The summed E-state index contributed by atoms with van der Waals surface area (Å²) in [6.07, 6.45) is 3.59. The first kappa shape index (κ1) is 13.7. The molecular formula is C12H14Br2N4. The highest BCUT2D eigenvalue weighted by molar-refractivity contribution is 9.11. The SMILES string of the molecule is CC(C)NCc1cnc(-c2ncc(Br)cc2Br)[nH]1. The zero-order valence-corrected chi connectivity index (χ0v) is 13.3. The monoisotopic (exact) mass is 372 g/mol. The van der Waals surface area contributed by atoms with Crippen molar-refractivity contribution in [2.24, 2.45) is 0 Å². The van der Waals surface area contributed by atoms with Gasteiger partial charge in [0, 0.05) is 33.4 Å². The zero-order chi connectivity index (χ0) is 13.1. The van der Waals surface area contributed by atoms with Crippen molar-refractivity contribution in [1.29, 1.82) is 0 Å². The van der Waals surface area contributed by atoms with Crippen molar-refractivity contribution in [2.75, 3.05) is 0 Å². The lowest BCUT2D eigenvalue weighted by Gasteiger charge is -2.05. The molecule has 2 aromatic heterocycles. The third kappa shape index (κ3) is 3.40. The maximum atomic E-state index is 4.35. The standard InChI is InChI=1S/C12H14Br2N4/c1-7(2)15-5-9-6-17-12(18-9)11-10(14)3-8(13)4-16-11/h3-4,6-7,15H,5H2,1-2H3,(H,17,18). The fraction of sp³-hybridized carbons (Fsp3) is 0.333. The largest absolute Gasteiger partial charge is 0.339 e. The van der Waals surface area contributed by atoms with Crippen LogP contribution in [0.3, 0.4) is 0 Å². The Kier molecular flexibility index (Phi) is 4.53. The third-order valence-electron chi connectivity index (χ3n) is 2.36. The molecule has 0 aliphatic carbocycles. The first-order valence-electron chi connectivity index (χ1n) is 5.65. The Labute approximate surface area is 123 Å². The first-order chi connectivity index (χ1) is 8.56. The molecule has 0 aromatic carbocycles. The van der Waals surface area contributed by atoms with Crippen LogP contribution in [0.25, 0.3) is 11.5 Å². The lowest BCUT2D eigenvalue weighted by Crippen LogP contribution is -2.21. The van der Waals surface area contributed by atoms with Gasteiger partial charge >= 0.3 is 0 Å². The maximum absolute atomic E-state index is 4.35. The van der Waals surface area contributed by atoms with Gasteiger partial charge in [-0.3, -0.25) is 4.98 Å². The van der Waals surface area contributed by atoms with Crippen LogP contribution in [0.2, 0.25) is 0 Å². The van der Waals surface area contributed by atoms with E-state index in [1.807, 2.05) is 12.3 Å². The second-order valence-corrected chi connectivity index (χ2v) is 6.05. The number of aromatic amines is 1. The van der Waals surface area contributed by atoms with Crippen LogP contribution in [0.15, 0.2) is 27.4 Å². The van der Waals surface area contributed by atoms with E-state index in [-0.39, 0.29) is 0 Å². The number of nitrogens with one attached hydrogen (secondary N) is 2. The van der Waals surface area contributed by atoms with Crippen LogP contribution < -0.4 is 5.32 Å². The lowest BCUT2D eigenvalue weighted by molar-refractivity contribution is 0.583. The molecule has 96 valence electrons. The van der Waals surface area contributed by atoms with Gasteiger partial charge in [0.05, 0.1) is 6.20 Å². The molecule has 0 amide bonds. The van der Waals surface area contributed by atoms with Gasteiger partial charge in [0.2, 0.25) is 0 Å². The smallest absolute Gasteiger partial charge is 0.157 e. The van der Waals surface area contributed by atoms with E-state index in [9.17, 15) is 0 Å². The highest BCUT2D eigenvalue weighted by Crippen LogP contribution is 2.26. The van der Waals surface area contributed by atoms with E-state index in [2.05, 4.69) is 66.0 Å². The average molecular weight is 374 g/mol. The summed E-state index contributed by atoms with van der Waals surface area (Å²) in [7, 11) is 0. The van der Waals surface area contributed by atoms with Crippen molar-refractivity contribution in [3.05, 3.63) is 33.1 Å². The topological polar surface area (TPSA) is 53.6 Å². The van der Waals surface area contributed by atoms with Gasteiger partial charge in [-0.15, -0.1) is 0 Å². The molecule has 4 nitrogen and oxygen atoms in total. The van der Waals surface area contributed by atoms with E-state index in [0.717, 1.165) is 32.7 Å². The predicted octanol–water partition coefficient (Wildman–Crippen LogP) is 3.49. The van der Waals surface area contributed by atoms with Crippen molar-refractivity contribution in [3.8, 4) is 11.5 Å². The van der Waals surface area contributed by atoms with Gasteiger partial charge in [0.1, 0.15) is 5.69 Å². The van der Waals surface area contributed by atoms with Crippen molar-refractivity contribution in [2.45, 2.75) is 26.4 Å². The number of hydrogen-bond donors (Lipinski definition) is 2. The quantitative estimate of drug-likeness (QED) is 0.862. The molecule has 0 saturated carbocycles. The molecule has 2 N–H and O–H groups in total. The number of H-pyrrole nitrogens is 1. The molecule has 0 atom stereocenters. The van der Waals surface area contributed by atoms with Crippen LogP contribution in [0.5, 0.6) is 0 Å². The van der Waals surface area contributed by atoms with Crippen LogP contribution in [-0.4, -0.2) is 21.0 Å². The Hall–Kier alpha value is -0.720. The summed E-state index contributed by atoms with van der Waals surface area (Å²) in [6.45, 7) is 5.01. The highest BCUT2D eigenvalue weighted by atomic mass is 79.9. The minimum atomic E-state index is 0.453. The van der Waals surface area contributed by atoms with Crippen LogP contribution in [0.4, 0.5) is 0 Å². The molecule has 2 aromatic rings. The number of rotatable bonds is 4. The number of pyridine rings is 1. The third-order valence-corrected chi connectivity index (χ3v) is 3.40. The van der Waals surface area contributed by atoms with Crippen LogP contribution in [-0.2, 0) is 6.54 Å². The van der Waals surface area contributed by atoms with E-state index in [1.54, 1.807) is 6.20 Å². The normalized spacial score (nSPS) is 11.2. The molecule has 6 heteroatoms. The Morgan fingerprint density at radius 3 is 2.72 bits per heavy atom. The van der Waals surface area contributed by atoms with Crippen LogP contribution >= 0.6 is 31.9 Å². The molecule has 0 bridgehead atoms. The van der Waals surface area contributed by atoms with Gasteiger partial charge in [-0.25, -0.2) is 4.98 Å². The number of nitrogens with zero attached hydrogens (tertiary/aromatic N) is 2. The second kappa shape index (κ2) is 5.95. The number of aromatic nitrogens is 3. The van der Waals surface area contributed by atoms with Crippen molar-refractivity contribution >= 4 is 31.9 Å². The molecule has 0 fully saturated rings. The first-order valence-corrected chi connectivity index (χ1v) is 7.23. The molecule has 0 unspecified atom stereocenters. The summed E-state index contributed by atoms with van der Waals surface area (Å²) in [5, 5.41) is 3.34. The van der Waals surface area contributed by atoms with Crippen molar-refractivity contribution in [1.82, 2.24) is 20.3 Å². The minimum absolute atomic E-state index is 0.453. The average Bonchev–Trinajstić information content (AvgIpc) is 2.75. The van der Waals surface area contributed by atoms with E-state index in [4.69, 9.17) is 0 Å². The molecule has 2 heterocycles. The van der Waals surface area contributed by atoms with Gasteiger partial charge in [-0.1, -0.05) is 13.8 Å². The maximum Gasteiger partial charge on any atom is 0.157 e. The Bertz CT molecular complexity index is 537. The summed E-state index contributed by atoms with van der Waals surface area (Å²) in [4.78, 5) is 12.0. The molecule has 18 heavy (non-hydrogen) atoms. The molecular weight excluding hydrogens is 360 g/mol. The Balaban J connectivity index is 2.18. The summed E-state index contributed by atoms with van der Waals surface area (Å²) in [5.41, 5.74) is 1.87. The lowest BCUT2D eigenvalue weighted by atomic mass is 10.3. The number of halogens is 2. The molecule has 0 spiro atoms. The number of hydrogen-bond acceptors (Lipinski definition) is 3. The van der Waals surface area contributed by atoms with Crippen LogP contribution in [0.1, 0.15) is 19.5 Å². The summed E-state index contributed by atoms with van der Waals surface area (Å²) in [5.74, 6) is 0.773. The summed E-state index contributed by atoms with van der Waals surface area (Å²) < 4.78 is 1.85. The highest BCUT2D eigenvalue weighted by Gasteiger charge is 2.09. The van der Waals surface area contributed by atoms with Gasteiger partial charge in [-0.05, 0) is 37.9 Å². The van der Waals surface area contributed by atoms with Gasteiger partial charge in [0.15, 0.2) is 5.82 Å². The van der Waals surface area contributed by atoms with Gasteiger partial charge < -0.3 is 10.3 Å². The number of imidazole rings is 1. The van der Waals surface area contributed by atoms with Crippen molar-refractivity contribution < 1.29 is 0 Å². The second-order valence-electron chi connectivity index (χ2n) is 4.28. The Morgan fingerprint density at radius 2 is 2.06 bits per heavy atom. The molecule has 0 aliphatic heterocycles. The van der Waals surface area contributed by atoms with E-state index in [1.165, 1.54) is 0 Å². The zero-order valence-electron chi connectivity index (χ0n) is 10.2. The van der Waals surface area contributed by atoms with Gasteiger partial charge in [-0.2, -0.15) is 0 Å². The summed E-state index contributed by atoms with van der Waals surface area (Å²) >= 11 is 6.87. The molecule has 0 saturated heterocycles. The summed E-state index contributed by atoms with van der Waals surface area (Å²) in [6, 6.07) is 2.41. The molecule has 0 aliphatic rings. The van der Waals surface area contributed by atoms with Gasteiger partial charge in [0.25, 0.3) is 0 Å². The minimum Gasteiger partial charge on any atom is -0.339 e. The Morgan fingerprint density at radius 1 is 1.28 bits per heavy atom. The van der Waals surface area contributed by atoms with E-state index >= 15 is 0 Å². The fourth-order valence-corrected chi connectivity index (χ4v) is 2.65. The predicted molar refractivity (Wildman–Crippen MR) is 79.2 cm³/mol. The van der Waals surface area contributed by atoms with Crippen molar-refractivity contribution in [3.63, 3.8) is 0 Å². The molecule has 0 radical (unpaired) electrons. The molecule has 2 rings (SSSR count). The van der Waals surface area contributed by atoms with E-state index < -0.39 is 0 Å².